The smallest absolute Gasteiger partial charge is 0.231 e. The molecule has 2 N–H and O–H groups in total. The molecule has 1 aliphatic heterocycles. The molecule has 0 aliphatic carbocycles. The van der Waals surface area contributed by atoms with Gasteiger partial charge in [-0.2, -0.15) is 0 Å². The number of anilines is 4. The van der Waals surface area contributed by atoms with Gasteiger partial charge in [0.1, 0.15) is 17.5 Å². The quantitative estimate of drug-likeness (QED) is 0.717. The van der Waals surface area contributed by atoms with Crippen LogP contribution in [-0.2, 0) is 0 Å². The number of aryl methyl sites for hydroxylation is 3. The van der Waals surface area contributed by atoms with E-state index in [0.29, 0.717) is 11.6 Å². The molecule has 0 bridgehead atoms. The Hall–Kier alpha value is -3.28. The van der Waals surface area contributed by atoms with Gasteiger partial charge in [0.05, 0.1) is 0 Å². The molecule has 26 heavy (non-hydrogen) atoms. The molecule has 1 aliphatic rings. The summed E-state index contributed by atoms with van der Waals surface area (Å²) < 4.78 is 10.8. The van der Waals surface area contributed by atoms with Crippen LogP contribution in [0.3, 0.4) is 0 Å². The average molecular weight is 348 g/mol. The lowest BCUT2D eigenvalue weighted by molar-refractivity contribution is 0.174. The molecule has 4 rings (SSSR count). The van der Waals surface area contributed by atoms with Gasteiger partial charge in [0.25, 0.3) is 0 Å². The number of hydrogen-bond donors (Lipinski definition) is 2. The van der Waals surface area contributed by atoms with Crippen molar-refractivity contribution < 1.29 is 9.47 Å². The van der Waals surface area contributed by atoms with Gasteiger partial charge in [-0.1, -0.05) is 6.07 Å². The maximum Gasteiger partial charge on any atom is 0.231 e. The zero-order valence-corrected chi connectivity index (χ0v) is 15.0. The fourth-order valence-corrected chi connectivity index (χ4v) is 3.01. The number of nitrogens with zero attached hydrogens (tertiary/aromatic N) is 2. The molecular weight excluding hydrogens is 328 g/mol. The van der Waals surface area contributed by atoms with Crippen molar-refractivity contribution in [2.24, 2.45) is 0 Å². The highest BCUT2D eigenvalue weighted by Gasteiger charge is 2.13. The molecule has 3 aromatic rings. The highest BCUT2D eigenvalue weighted by Crippen LogP contribution is 2.35. The van der Waals surface area contributed by atoms with Crippen molar-refractivity contribution in [3.63, 3.8) is 0 Å². The van der Waals surface area contributed by atoms with E-state index in [0.717, 1.165) is 28.7 Å². The van der Waals surface area contributed by atoms with E-state index in [1.54, 1.807) is 0 Å². The summed E-state index contributed by atoms with van der Waals surface area (Å²) in [6.07, 6.45) is 0. The van der Waals surface area contributed by atoms with Crippen molar-refractivity contribution >= 4 is 23.0 Å². The second kappa shape index (κ2) is 6.55. The number of aromatic nitrogens is 2. The summed E-state index contributed by atoms with van der Waals surface area (Å²) in [5, 5.41) is 6.66. The van der Waals surface area contributed by atoms with Crippen LogP contribution in [0.1, 0.15) is 17.0 Å². The van der Waals surface area contributed by atoms with Crippen LogP contribution in [0.15, 0.2) is 42.5 Å². The fourth-order valence-electron chi connectivity index (χ4n) is 3.01. The van der Waals surface area contributed by atoms with Crippen LogP contribution in [0.25, 0.3) is 0 Å². The Morgan fingerprint density at radius 3 is 2.12 bits per heavy atom. The Kier molecular flexibility index (Phi) is 4.08. The topological polar surface area (TPSA) is 68.3 Å². The van der Waals surface area contributed by atoms with Gasteiger partial charge >= 0.3 is 0 Å². The number of hydrogen-bond acceptors (Lipinski definition) is 6. The third kappa shape index (κ3) is 3.54. The van der Waals surface area contributed by atoms with Gasteiger partial charge in [0.15, 0.2) is 11.5 Å². The van der Waals surface area contributed by atoms with Crippen molar-refractivity contribution in [2.45, 2.75) is 20.8 Å². The fraction of sp³-hybridized carbons (Fsp3) is 0.200. The zero-order valence-electron chi connectivity index (χ0n) is 15.0. The Balaban J connectivity index is 1.58. The van der Waals surface area contributed by atoms with Crippen LogP contribution in [0, 0.1) is 20.8 Å². The molecule has 0 radical (unpaired) electrons. The van der Waals surface area contributed by atoms with Gasteiger partial charge in [0, 0.05) is 23.5 Å². The van der Waals surface area contributed by atoms with Gasteiger partial charge in [0.2, 0.25) is 6.79 Å². The monoisotopic (exact) mass is 348 g/mol. The second-order valence-corrected chi connectivity index (χ2v) is 6.38. The van der Waals surface area contributed by atoms with E-state index in [2.05, 4.69) is 52.6 Å². The largest absolute Gasteiger partial charge is 0.454 e. The van der Waals surface area contributed by atoms with Crippen LogP contribution in [0.4, 0.5) is 23.0 Å². The van der Waals surface area contributed by atoms with Crippen molar-refractivity contribution in [3.8, 4) is 11.5 Å². The van der Waals surface area contributed by atoms with Crippen LogP contribution in [-0.4, -0.2) is 16.8 Å². The second-order valence-electron chi connectivity index (χ2n) is 6.38. The van der Waals surface area contributed by atoms with Crippen molar-refractivity contribution in [1.82, 2.24) is 9.97 Å². The normalized spacial score (nSPS) is 12.1. The molecule has 6 heteroatoms. The molecule has 0 saturated heterocycles. The molecule has 2 aromatic carbocycles. The minimum absolute atomic E-state index is 0.259. The van der Waals surface area contributed by atoms with Crippen LogP contribution < -0.4 is 20.1 Å². The molecule has 6 nitrogen and oxygen atoms in total. The lowest BCUT2D eigenvalue weighted by Gasteiger charge is -2.11. The SMILES string of the molecule is Cc1cc(C)cc(Nc2cc(Nc3ccc4c(c3)OCO4)nc(C)n2)c1. The van der Waals surface area contributed by atoms with Crippen molar-refractivity contribution in [3.05, 3.63) is 59.4 Å². The van der Waals surface area contributed by atoms with Gasteiger partial charge in [-0.05, 0) is 56.2 Å². The summed E-state index contributed by atoms with van der Waals surface area (Å²) in [7, 11) is 0. The van der Waals surface area contributed by atoms with Crippen LogP contribution in [0.5, 0.6) is 11.5 Å². The molecule has 0 unspecified atom stereocenters. The third-order valence-corrected chi connectivity index (χ3v) is 3.98. The maximum absolute atomic E-state index is 5.42. The summed E-state index contributed by atoms with van der Waals surface area (Å²) in [5.74, 6) is 3.62. The molecule has 0 spiro atoms. The molecule has 0 saturated carbocycles. The highest BCUT2D eigenvalue weighted by atomic mass is 16.7. The predicted molar refractivity (Wildman–Crippen MR) is 102 cm³/mol. The summed E-state index contributed by atoms with van der Waals surface area (Å²) in [5.41, 5.74) is 4.30. The van der Waals surface area contributed by atoms with E-state index in [9.17, 15) is 0 Å². The summed E-state index contributed by atoms with van der Waals surface area (Å²) in [6.45, 7) is 6.29. The molecule has 2 heterocycles. The van der Waals surface area contributed by atoms with Crippen LogP contribution >= 0.6 is 0 Å². The first-order valence-electron chi connectivity index (χ1n) is 8.43. The lowest BCUT2D eigenvalue weighted by atomic mass is 10.1. The first-order chi connectivity index (χ1) is 12.5. The van der Waals surface area contributed by atoms with Crippen molar-refractivity contribution in [1.29, 1.82) is 0 Å². The number of nitrogens with one attached hydrogen (secondary N) is 2. The third-order valence-electron chi connectivity index (χ3n) is 3.98. The number of ether oxygens (including phenoxy) is 2. The van der Waals surface area contributed by atoms with E-state index in [1.807, 2.05) is 31.2 Å². The van der Waals surface area contributed by atoms with Gasteiger partial charge in [-0.15, -0.1) is 0 Å². The van der Waals surface area contributed by atoms with Gasteiger partial charge in [-0.3, -0.25) is 0 Å². The molecule has 0 amide bonds. The molecule has 132 valence electrons. The molecule has 0 fully saturated rings. The molecular formula is C20H20N4O2. The van der Waals surface area contributed by atoms with E-state index < -0.39 is 0 Å². The highest BCUT2D eigenvalue weighted by molar-refractivity contribution is 5.66. The number of benzene rings is 2. The minimum atomic E-state index is 0.259. The molecule has 1 aromatic heterocycles. The summed E-state index contributed by atoms with van der Waals surface area (Å²) in [6, 6.07) is 13.9. The lowest BCUT2D eigenvalue weighted by Crippen LogP contribution is -2.01. The summed E-state index contributed by atoms with van der Waals surface area (Å²) in [4.78, 5) is 8.95. The predicted octanol–water partition coefficient (Wildman–Crippen LogP) is 4.62. The Bertz CT molecular complexity index is 952. The Morgan fingerprint density at radius 2 is 1.38 bits per heavy atom. The number of rotatable bonds is 4. The Morgan fingerprint density at radius 1 is 0.731 bits per heavy atom. The Labute approximate surface area is 152 Å². The van der Waals surface area contributed by atoms with Gasteiger partial charge < -0.3 is 20.1 Å². The first kappa shape index (κ1) is 16.2. The van der Waals surface area contributed by atoms with E-state index in [4.69, 9.17) is 9.47 Å². The zero-order chi connectivity index (χ0) is 18.1. The number of fused-ring (bicyclic) bond motifs is 1. The maximum atomic E-state index is 5.42. The standard InChI is InChI=1S/C20H20N4O2/c1-12-6-13(2)8-16(7-12)24-20-10-19(21-14(3)22-20)23-15-4-5-17-18(9-15)26-11-25-17/h4-10H,11H2,1-3H3,(H2,21,22,23,24). The molecule has 0 atom stereocenters. The van der Waals surface area contributed by atoms with E-state index in [-0.39, 0.29) is 6.79 Å². The van der Waals surface area contributed by atoms with Crippen molar-refractivity contribution in [2.75, 3.05) is 17.4 Å². The van der Waals surface area contributed by atoms with E-state index in [1.165, 1.54) is 11.1 Å². The minimum Gasteiger partial charge on any atom is -0.454 e. The van der Waals surface area contributed by atoms with E-state index >= 15 is 0 Å². The van der Waals surface area contributed by atoms with Crippen LogP contribution in [0.2, 0.25) is 0 Å². The average Bonchev–Trinajstić information content (AvgIpc) is 3.01. The van der Waals surface area contributed by atoms with Gasteiger partial charge in [-0.25, -0.2) is 9.97 Å². The first-order valence-corrected chi connectivity index (χ1v) is 8.43. The summed E-state index contributed by atoms with van der Waals surface area (Å²) >= 11 is 0.